The van der Waals surface area contributed by atoms with Crippen molar-refractivity contribution in [3.8, 4) is 11.5 Å². The Hall–Kier alpha value is -3.84. The summed E-state index contributed by atoms with van der Waals surface area (Å²) in [5, 5.41) is 11.5. The minimum atomic E-state index is -0.165. The quantitative estimate of drug-likeness (QED) is 0.441. The number of phenols is 1. The summed E-state index contributed by atoms with van der Waals surface area (Å²) in [5.74, 6) is 1.29. The molecule has 0 aliphatic carbocycles. The summed E-state index contributed by atoms with van der Waals surface area (Å²) in [4.78, 5) is 28.0. The molecule has 178 valence electrons. The molecular weight excluding hydrogens is 444 g/mol. The van der Waals surface area contributed by atoms with Gasteiger partial charge in [0.15, 0.2) is 5.78 Å². The van der Waals surface area contributed by atoms with E-state index in [4.69, 9.17) is 9.15 Å². The Labute approximate surface area is 202 Å². The molecule has 0 spiro atoms. The molecule has 2 aromatic heterocycles. The predicted molar refractivity (Wildman–Crippen MR) is 131 cm³/mol. The van der Waals surface area contributed by atoms with Crippen LogP contribution in [0.2, 0.25) is 0 Å². The van der Waals surface area contributed by atoms with Crippen LogP contribution in [0, 0.1) is 5.92 Å². The van der Waals surface area contributed by atoms with Gasteiger partial charge in [-0.2, -0.15) is 0 Å². The topological polar surface area (TPSA) is 84.9 Å². The number of ether oxygens (including phenoxy) is 1. The first-order valence-electron chi connectivity index (χ1n) is 11.8. The summed E-state index contributed by atoms with van der Waals surface area (Å²) >= 11 is 0. The van der Waals surface area contributed by atoms with Gasteiger partial charge in [-0.1, -0.05) is 6.07 Å². The number of methoxy groups -OCH3 is 1. The van der Waals surface area contributed by atoms with Gasteiger partial charge < -0.3 is 18.8 Å². The zero-order valence-electron chi connectivity index (χ0n) is 19.4. The molecule has 1 N–H and O–H groups in total. The van der Waals surface area contributed by atoms with Crippen LogP contribution in [0.4, 0.5) is 0 Å². The number of nitrogens with zero attached hydrogens (tertiary/aromatic N) is 2. The Morgan fingerprint density at radius 1 is 1.09 bits per heavy atom. The van der Waals surface area contributed by atoms with Crippen molar-refractivity contribution in [2.75, 3.05) is 20.2 Å². The Kier molecular flexibility index (Phi) is 5.22. The number of hydrogen-bond donors (Lipinski definition) is 1. The number of aromatic hydroxyl groups is 1. The molecule has 1 fully saturated rings. The van der Waals surface area contributed by atoms with E-state index < -0.39 is 0 Å². The molecule has 2 atom stereocenters. The van der Waals surface area contributed by atoms with Gasteiger partial charge in [-0.15, -0.1) is 0 Å². The van der Waals surface area contributed by atoms with Crippen molar-refractivity contribution < 1.29 is 19.1 Å². The van der Waals surface area contributed by atoms with Crippen LogP contribution in [-0.4, -0.2) is 40.6 Å². The largest absolute Gasteiger partial charge is 0.508 e. The highest BCUT2D eigenvalue weighted by atomic mass is 16.5. The van der Waals surface area contributed by atoms with Gasteiger partial charge >= 0.3 is 0 Å². The maximum atomic E-state index is 13.4. The molecule has 6 rings (SSSR count). The summed E-state index contributed by atoms with van der Waals surface area (Å²) in [5.41, 5.74) is 3.37. The fourth-order valence-corrected chi connectivity index (χ4v) is 5.76. The summed E-state index contributed by atoms with van der Waals surface area (Å²) in [6, 6.07) is 15.8. The maximum absolute atomic E-state index is 13.4. The van der Waals surface area contributed by atoms with Crippen molar-refractivity contribution >= 4 is 16.8 Å². The highest BCUT2D eigenvalue weighted by Crippen LogP contribution is 2.38. The second-order valence-corrected chi connectivity index (χ2v) is 9.54. The van der Waals surface area contributed by atoms with Gasteiger partial charge in [0.05, 0.1) is 12.7 Å². The van der Waals surface area contributed by atoms with Gasteiger partial charge in [-0.3, -0.25) is 14.5 Å². The first-order valence-corrected chi connectivity index (χ1v) is 11.8. The molecule has 2 aliphatic rings. The van der Waals surface area contributed by atoms with Crippen molar-refractivity contribution in [3.05, 3.63) is 93.6 Å². The number of phenolic OH excluding ortho intramolecular Hbond substituents is 1. The molecule has 4 aromatic rings. The van der Waals surface area contributed by atoms with E-state index in [0.29, 0.717) is 52.4 Å². The number of benzene rings is 2. The van der Waals surface area contributed by atoms with Crippen LogP contribution in [0.15, 0.2) is 70.1 Å². The molecule has 7 heteroatoms. The van der Waals surface area contributed by atoms with Crippen LogP contribution in [0.25, 0.3) is 11.0 Å². The van der Waals surface area contributed by atoms with E-state index in [2.05, 4.69) is 4.90 Å². The first-order chi connectivity index (χ1) is 17.0. The van der Waals surface area contributed by atoms with Crippen molar-refractivity contribution in [1.29, 1.82) is 0 Å². The van der Waals surface area contributed by atoms with Gasteiger partial charge in [0, 0.05) is 60.4 Å². The van der Waals surface area contributed by atoms with Crippen molar-refractivity contribution in [1.82, 2.24) is 9.47 Å². The molecule has 2 bridgehead atoms. The zero-order valence-corrected chi connectivity index (χ0v) is 19.4. The molecule has 35 heavy (non-hydrogen) atoms. The average molecular weight is 471 g/mol. The summed E-state index contributed by atoms with van der Waals surface area (Å²) < 4.78 is 12.9. The average Bonchev–Trinajstić information content (AvgIpc) is 3.30. The minimum absolute atomic E-state index is 0.0631. The highest BCUT2D eigenvalue weighted by Gasteiger charge is 2.35. The van der Waals surface area contributed by atoms with E-state index in [1.54, 1.807) is 49.6 Å². The molecule has 7 nitrogen and oxygen atoms in total. The second-order valence-electron chi connectivity index (χ2n) is 9.54. The van der Waals surface area contributed by atoms with E-state index in [9.17, 15) is 14.7 Å². The molecule has 0 unspecified atom stereocenters. The van der Waals surface area contributed by atoms with Gasteiger partial charge in [0.2, 0.25) is 0 Å². The van der Waals surface area contributed by atoms with Gasteiger partial charge in [-0.05, 0) is 54.8 Å². The lowest BCUT2D eigenvalue weighted by atomic mass is 9.83. The predicted octanol–water partition coefficient (Wildman–Crippen LogP) is 4.16. The summed E-state index contributed by atoms with van der Waals surface area (Å²) in [6.07, 6.45) is 2.54. The molecule has 4 heterocycles. The lowest BCUT2D eigenvalue weighted by molar-refractivity contribution is 0.103. The third kappa shape index (κ3) is 3.72. The number of carbonyl (C=O) groups is 1. The van der Waals surface area contributed by atoms with Gasteiger partial charge in [-0.25, -0.2) is 0 Å². The number of furan rings is 1. The van der Waals surface area contributed by atoms with Crippen LogP contribution in [0.3, 0.4) is 0 Å². The SMILES string of the molecule is COc1ccc(C(=O)c2coc3ccc(O)c(CN4C[C@H]5C[C@@H](C4)c4cccc(=O)n4C5)c23)cc1. The molecule has 1 saturated heterocycles. The second kappa shape index (κ2) is 8.43. The molecule has 0 radical (unpaired) electrons. The standard InChI is InChI=1S/C28H26N2O5/c1-34-20-7-5-18(6-8-20)28(33)22-16-35-25-10-9-24(31)21(27(22)25)15-29-12-17-11-19(14-29)23-3-2-4-26(32)30(23)13-17/h2-10,16-17,19,31H,11-15H2,1H3/t17-,19+/m1/s1. The smallest absolute Gasteiger partial charge is 0.250 e. The van der Waals surface area contributed by atoms with Crippen LogP contribution in [-0.2, 0) is 13.1 Å². The Balaban J connectivity index is 1.34. The monoisotopic (exact) mass is 470 g/mol. The van der Waals surface area contributed by atoms with E-state index >= 15 is 0 Å². The van der Waals surface area contributed by atoms with Crippen molar-refractivity contribution in [2.45, 2.75) is 25.4 Å². The number of aromatic nitrogens is 1. The lowest BCUT2D eigenvalue weighted by Crippen LogP contribution is -2.46. The van der Waals surface area contributed by atoms with Crippen LogP contribution in [0.5, 0.6) is 11.5 Å². The number of carbonyl (C=O) groups excluding carboxylic acids is 1. The van der Waals surface area contributed by atoms with Crippen LogP contribution in [0.1, 0.15) is 39.5 Å². The van der Waals surface area contributed by atoms with E-state index in [1.165, 1.54) is 6.26 Å². The van der Waals surface area contributed by atoms with E-state index in [-0.39, 0.29) is 23.0 Å². The number of piperidine rings is 1. The normalized spacial score (nSPS) is 19.5. The lowest BCUT2D eigenvalue weighted by Gasteiger charge is -2.42. The van der Waals surface area contributed by atoms with Gasteiger partial charge in [0.1, 0.15) is 23.3 Å². The number of fused-ring (bicyclic) bond motifs is 5. The Morgan fingerprint density at radius 3 is 2.71 bits per heavy atom. The van der Waals surface area contributed by atoms with E-state index in [0.717, 1.165) is 25.2 Å². The number of likely N-dealkylation sites (tertiary alicyclic amines) is 1. The molecule has 0 saturated carbocycles. The van der Waals surface area contributed by atoms with Gasteiger partial charge in [0.25, 0.3) is 5.56 Å². The molecule has 0 amide bonds. The maximum Gasteiger partial charge on any atom is 0.250 e. The molecular formula is C28H26N2O5. The fourth-order valence-electron chi connectivity index (χ4n) is 5.76. The Morgan fingerprint density at radius 2 is 1.91 bits per heavy atom. The fraction of sp³-hybridized carbons (Fsp3) is 0.286. The van der Waals surface area contributed by atoms with E-state index in [1.807, 2.05) is 16.7 Å². The third-order valence-corrected chi connectivity index (χ3v) is 7.36. The van der Waals surface area contributed by atoms with Crippen LogP contribution < -0.4 is 10.3 Å². The zero-order chi connectivity index (χ0) is 24.1. The first kappa shape index (κ1) is 21.7. The summed E-state index contributed by atoms with van der Waals surface area (Å²) in [7, 11) is 1.58. The van der Waals surface area contributed by atoms with Crippen molar-refractivity contribution in [3.63, 3.8) is 0 Å². The Bertz CT molecular complexity index is 1480. The molecule has 2 aliphatic heterocycles. The highest BCUT2D eigenvalue weighted by molar-refractivity contribution is 6.16. The number of ketones is 1. The third-order valence-electron chi connectivity index (χ3n) is 7.36. The van der Waals surface area contributed by atoms with Crippen molar-refractivity contribution in [2.24, 2.45) is 5.92 Å². The van der Waals surface area contributed by atoms with Crippen LogP contribution >= 0.6 is 0 Å². The number of pyridine rings is 1. The number of hydrogen-bond acceptors (Lipinski definition) is 6. The molecule has 2 aromatic carbocycles. The number of rotatable bonds is 5. The minimum Gasteiger partial charge on any atom is -0.508 e. The summed E-state index contributed by atoms with van der Waals surface area (Å²) in [6.45, 7) is 2.82.